The zero-order valence-corrected chi connectivity index (χ0v) is 20.6. The van der Waals surface area contributed by atoms with Crippen LogP contribution in [0.25, 0.3) is 0 Å². The van der Waals surface area contributed by atoms with Gasteiger partial charge in [0, 0.05) is 0 Å². The third-order valence-electron chi connectivity index (χ3n) is 5.47. The van der Waals surface area contributed by atoms with Crippen molar-refractivity contribution in [3.63, 3.8) is 0 Å². The molecular formula is C18H33F6NO4S3. The number of halogens is 6. The van der Waals surface area contributed by atoms with Crippen LogP contribution in [0.15, 0.2) is 0 Å². The first-order valence-electron chi connectivity index (χ1n) is 10.8. The number of nitrogens with zero attached hydrogens (tertiary/aromatic N) is 1. The average Bonchev–Trinajstić information content (AvgIpc) is 3.10. The molecule has 0 bridgehead atoms. The Kier molecular flexibility index (Phi) is 11.1. The van der Waals surface area contributed by atoms with Crippen LogP contribution < -0.4 is 0 Å². The quantitative estimate of drug-likeness (QED) is 0.189. The van der Waals surface area contributed by atoms with Crippen LogP contribution in [-0.4, -0.2) is 48.2 Å². The highest BCUT2D eigenvalue weighted by atomic mass is 32.4. The molecule has 0 saturated carbocycles. The lowest BCUT2D eigenvalue weighted by atomic mass is 10.1. The molecule has 0 spiro atoms. The van der Waals surface area contributed by atoms with Crippen LogP contribution in [0.5, 0.6) is 0 Å². The van der Waals surface area contributed by atoms with Gasteiger partial charge < -0.3 is 0 Å². The van der Waals surface area contributed by atoms with E-state index in [-0.39, 0.29) is 36.5 Å². The molecule has 14 heteroatoms. The first-order valence-corrected chi connectivity index (χ1v) is 15.8. The molecule has 0 amide bonds. The minimum absolute atomic E-state index is 0.183. The average molecular weight is 538 g/mol. The molecule has 0 aromatic heterocycles. The molecule has 0 N–H and O–H groups in total. The van der Waals surface area contributed by atoms with Crippen molar-refractivity contribution in [3.05, 3.63) is 0 Å². The van der Waals surface area contributed by atoms with Crippen LogP contribution in [-0.2, 0) is 20.0 Å². The van der Waals surface area contributed by atoms with Crippen molar-refractivity contribution >= 4 is 30.3 Å². The molecule has 32 heavy (non-hydrogen) atoms. The summed E-state index contributed by atoms with van der Waals surface area (Å²) in [5, 5.41) is 0. The Balaban J connectivity index is 2.94. The van der Waals surface area contributed by atoms with Crippen LogP contribution >= 0.6 is 10.2 Å². The first kappa shape index (κ1) is 29.8. The summed E-state index contributed by atoms with van der Waals surface area (Å²) in [7, 11) is -16.8. The van der Waals surface area contributed by atoms with Gasteiger partial charge in [-0.05, 0) is 39.6 Å². The van der Waals surface area contributed by atoms with E-state index in [9.17, 15) is 43.2 Å². The molecule has 0 radical (unpaired) electrons. The van der Waals surface area contributed by atoms with Gasteiger partial charge >= 0.3 is 31.1 Å². The van der Waals surface area contributed by atoms with Gasteiger partial charge in [-0.1, -0.05) is 64.7 Å². The smallest absolute Gasteiger partial charge is 0.201 e. The molecule has 1 rings (SSSR count). The maximum Gasteiger partial charge on any atom is 0.513 e. The van der Waals surface area contributed by atoms with E-state index in [4.69, 9.17) is 0 Å². The summed E-state index contributed by atoms with van der Waals surface area (Å²) in [4.78, 5) is 0. The van der Waals surface area contributed by atoms with Crippen LogP contribution in [0.3, 0.4) is 0 Å². The highest BCUT2D eigenvalue weighted by Gasteiger charge is 2.66. The van der Waals surface area contributed by atoms with Gasteiger partial charge in [0.15, 0.2) is 0 Å². The maximum absolute atomic E-state index is 13.2. The zero-order chi connectivity index (χ0) is 24.7. The lowest BCUT2D eigenvalue weighted by Gasteiger charge is -2.44. The van der Waals surface area contributed by atoms with Gasteiger partial charge in [-0.25, -0.2) is 16.8 Å². The van der Waals surface area contributed by atoms with Crippen LogP contribution in [0.2, 0.25) is 0 Å². The van der Waals surface area contributed by atoms with Crippen molar-refractivity contribution in [1.82, 2.24) is 3.12 Å². The van der Waals surface area contributed by atoms with Crippen LogP contribution in [0.1, 0.15) is 84.0 Å². The number of hydrogen-bond acceptors (Lipinski definition) is 4. The van der Waals surface area contributed by atoms with Gasteiger partial charge in [-0.2, -0.15) is 36.6 Å². The normalized spacial score (nSPS) is 18.9. The van der Waals surface area contributed by atoms with Crippen molar-refractivity contribution < 1.29 is 43.2 Å². The largest absolute Gasteiger partial charge is 0.513 e. The zero-order valence-electron chi connectivity index (χ0n) is 18.2. The lowest BCUT2D eigenvalue weighted by molar-refractivity contribution is -0.0505. The number of sulfonamides is 2. The molecule has 0 unspecified atom stereocenters. The summed E-state index contributed by atoms with van der Waals surface area (Å²) >= 11 is 0. The summed E-state index contributed by atoms with van der Waals surface area (Å²) in [5.41, 5.74) is -12.3. The fraction of sp³-hybridized carbons (Fsp3) is 1.00. The number of alkyl halides is 6. The second kappa shape index (κ2) is 12.0. The third-order valence-corrected chi connectivity index (χ3v) is 15.5. The fourth-order valence-electron chi connectivity index (χ4n) is 3.84. The highest BCUT2D eigenvalue weighted by molar-refractivity contribution is 8.41. The fourth-order valence-corrected chi connectivity index (χ4v) is 14.2. The number of rotatable bonds is 14. The maximum atomic E-state index is 13.2. The predicted molar refractivity (Wildman–Crippen MR) is 115 cm³/mol. The van der Waals surface area contributed by atoms with Crippen molar-refractivity contribution in [3.8, 4) is 0 Å². The first-order chi connectivity index (χ1) is 14.6. The Morgan fingerprint density at radius 1 is 0.656 bits per heavy atom. The molecule has 194 valence electrons. The van der Waals surface area contributed by atoms with Gasteiger partial charge in [-0.15, -0.1) is 0 Å². The van der Waals surface area contributed by atoms with E-state index < -0.39 is 44.4 Å². The molecule has 1 heterocycles. The van der Waals surface area contributed by atoms with E-state index in [0.717, 1.165) is 38.5 Å². The summed E-state index contributed by atoms with van der Waals surface area (Å²) in [6, 6.07) is 0. The number of unbranched alkanes of at least 4 members (excludes halogenated alkanes) is 9. The molecule has 0 atom stereocenters. The Labute approximate surface area is 188 Å². The lowest BCUT2D eigenvalue weighted by Crippen LogP contribution is -2.51. The molecule has 0 aliphatic carbocycles. The molecule has 0 aromatic carbocycles. The minimum Gasteiger partial charge on any atom is -0.201 e. The van der Waals surface area contributed by atoms with E-state index in [1.165, 1.54) is 6.42 Å². The molecule has 1 aliphatic heterocycles. The molecule has 1 saturated heterocycles. The Morgan fingerprint density at radius 2 is 1.00 bits per heavy atom. The van der Waals surface area contributed by atoms with Crippen molar-refractivity contribution in [2.75, 3.05) is 17.3 Å². The Bertz CT molecular complexity index is 732. The van der Waals surface area contributed by atoms with Gasteiger partial charge in [-0.3, -0.25) is 0 Å². The van der Waals surface area contributed by atoms with Crippen LogP contribution in [0.4, 0.5) is 26.3 Å². The molecule has 5 nitrogen and oxygen atoms in total. The summed E-state index contributed by atoms with van der Waals surface area (Å²) in [6.45, 7) is 2.11. The topological polar surface area (TPSA) is 71.5 Å². The summed E-state index contributed by atoms with van der Waals surface area (Å²) < 4.78 is 126. The van der Waals surface area contributed by atoms with Crippen molar-refractivity contribution in [2.24, 2.45) is 0 Å². The number of hydrogen-bond donors (Lipinski definition) is 0. The van der Waals surface area contributed by atoms with Gasteiger partial charge in [0.05, 0.1) is 0 Å². The van der Waals surface area contributed by atoms with Gasteiger partial charge in [0.25, 0.3) is 0 Å². The van der Waals surface area contributed by atoms with Crippen LogP contribution in [0, 0.1) is 0 Å². The van der Waals surface area contributed by atoms with E-state index in [2.05, 4.69) is 6.92 Å². The summed E-state index contributed by atoms with van der Waals surface area (Å²) in [6.07, 6.45) is 9.21. The van der Waals surface area contributed by atoms with E-state index in [1.54, 1.807) is 0 Å². The Hall–Kier alpha value is -0.210. The van der Waals surface area contributed by atoms with Crippen molar-refractivity contribution in [2.45, 2.75) is 95.0 Å². The van der Waals surface area contributed by atoms with E-state index in [1.807, 2.05) is 0 Å². The van der Waals surface area contributed by atoms with Gasteiger partial charge in [0.2, 0.25) is 0 Å². The second-order valence-electron chi connectivity index (χ2n) is 8.07. The molecular weight excluding hydrogens is 504 g/mol. The molecule has 1 aliphatic rings. The Morgan fingerprint density at radius 3 is 1.34 bits per heavy atom. The monoisotopic (exact) mass is 537 g/mol. The van der Waals surface area contributed by atoms with Gasteiger partial charge in [0.1, 0.15) is 0 Å². The SMILES string of the molecule is CCCCCCCCCCCCS1(N(S(=O)(=O)C(F)(F)F)S(=O)(=O)C(F)(F)F)CCCC1. The highest BCUT2D eigenvalue weighted by Crippen LogP contribution is 2.63. The molecule has 1 fully saturated rings. The third kappa shape index (κ3) is 7.39. The predicted octanol–water partition coefficient (Wildman–Crippen LogP) is 6.42. The summed E-state index contributed by atoms with van der Waals surface area (Å²) in [5.74, 6) is -0.849. The van der Waals surface area contributed by atoms with E-state index in [0.29, 0.717) is 12.8 Å². The minimum atomic E-state index is -6.72. The standard InChI is InChI=1S/C18H33F6NO4S3/c1-2-3-4-5-6-7-8-9-10-11-14-30(15-12-13-16-30)25(31(26,27)17(19,20)21)32(28,29)18(22,23)24/h2-16H2,1H3. The second-order valence-corrected chi connectivity index (χ2v) is 15.9. The molecule has 0 aromatic rings. The van der Waals surface area contributed by atoms with E-state index >= 15 is 0 Å². The van der Waals surface area contributed by atoms with Crippen molar-refractivity contribution in [1.29, 1.82) is 0 Å².